The second-order valence-corrected chi connectivity index (χ2v) is 8.22. The van der Waals surface area contributed by atoms with Crippen molar-refractivity contribution < 1.29 is 37.3 Å². The summed E-state index contributed by atoms with van der Waals surface area (Å²) in [5.74, 6) is 0.188. The van der Waals surface area contributed by atoms with E-state index >= 15 is 0 Å². The van der Waals surface area contributed by atoms with Gasteiger partial charge in [-0.3, -0.25) is 4.79 Å². The minimum atomic E-state index is -4.79. The molecule has 0 amide bonds. The van der Waals surface area contributed by atoms with Crippen LogP contribution in [0, 0.1) is 0 Å². The molecule has 0 unspecified atom stereocenters. The van der Waals surface area contributed by atoms with E-state index in [4.69, 9.17) is 14.9 Å². The molecule has 0 aliphatic carbocycles. The van der Waals surface area contributed by atoms with E-state index in [9.17, 15) is 28.2 Å². The van der Waals surface area contributed by atoms with Gasteiger partial charge < -0.3 is 29.8 Å². The first-order valence-electron chi connectivity index (χ1n) is 10.6. The molecule has 4 aromatic rings. The van der Waals surface area contributed by atoms with Gasteiger partial charge >= 0.3 is 6.36 Å². The van der Waals surface area contributed by atoms with Gasteiger partial charge in [0.25, 0.3) is 0 Å². The number of hydrogen-bond donors (Lipinski definition) is 3. The monoisotopic (exact) mass is 489 g/mol. The molecular formula is C25H22F3NO6. The lowest BCUT2D eigenvalue weighted by Gasteiger charge is -2.24. The first-order valence-corrected chi connectivity index (χ1v) is 10.6. The molecule has 0 spiro atoms. The van der Waals surface area contributed by atoms with Crippen LogP contribution in [-0.4, -0.2) is 35.3 Å². The van der Waals surface area contributed by atoms with Gasteiger partial charge in [0, 0.05) is 0 Å². The molecule has 0 fully saturated rings. The molecule has 0 radical (unpaired) electrons. The lowest BCUT2D eigenvalue weighted by molar-refractivity contribution is -0.274. The van der Waals surface area contributed by atoms with E-state index in [1.807, 2.05) is 0 Å². The highest BCUT2D eigenvalue weighted by Gasteiger charge is 2.31. The normalized spacial score (nSPS) is 12.3. The zero-order valence-electron chi connectivity index (χ0n) is 18.3. The van der Waals surface area contributed by atoms with Crippen molar-refractivity contribution in [3.05, 3.63) is 76.5 Å². The first-order chi connectivity index (χ1) is 16.6. The van der Waals surface area contributed by atoms with Crippen LogP contribution in [0.2, 0.25) is 0 Å². The summed E-state index contributed by atoms with van der Waals surface area (Å²) >= 11 is 0. The molecule has 4 N–H and O–H groups in total. The number of aliphatic hydroxyl groups excluding tert-OH is 2. The van der Waals surface area contributed by atoms with Crippen molar-refractivity contribution in [2.24, 2.45) is 5.73 Å². The number of aliphatic hydroxyl groups is 2. The van der Waals surface area contributed by atoms with Gasteiger partial charge in [0.1, 0.15) is 28.4 Å². The molecule has 0 saturated carbocycles. The zero-order valence-corrected chi connectivity index (χ0v) is 18.3. The highest BCUT2D eigenvalue weighted by Crippen LogP contribution is 2.29. The Morgan fingerprint density at radius 1 is 0.829 bits per heavy atom. The summed E-state index contributed by atoms with van der Waals surface area (Å²) in [5, 5.41) is 19.3. The predicted octanol–water partition coefficient (Wildman–Crippen LogP) is 4.25. The fourth-order valence-electron chi connectivity index (χ4n) is 3.54. The molecule has 0 bridgehead atoms. The van der Waals surface area contributed by atoms with Crippen LogP contribution in [0.25, 0.3) is 21.9 Å². The average molecular weight is 489 g/mol. The molecule has 1 aromatic heterocycles. The highest BCUT2D eigenvalue weighted by atomic mass is 19.4. The topological polar surface area (TPSA) is 115 Å². The number of nitrogens with two attached hydrogens (primary N) is 1. The van der Waals surface area contributed by atoms with Gasteiger partial charge in [-0.25, -0.2) is 0 Å². The summed E-state index contributed by atoms with van der Waals surface area (Å²) in [6, 6.07) is 14.6. The minimum absolute atomic E-state index is 0.260. The Labute approximate surface area is 197 Å². The molecule has 7 nitrogen and oxygen atoms in total. The summed E-state index contributed by atoms with van der Waals surface area (Å²) in [7, 11) is 0. The quantitative estimate of drug-likeness (QED) is 0.317. The maximum absolute atomic E-state index is 13.1. The Kier molecular flexibility index (Phi) is 6.70. The van der Waals surface area contributed by atoms with E-state index < -0.39 is 11.9 Å². The molecule has 0 saturated heterocycles. The van der Waals surface area contributed by atoms with Crippen LogP contribution in [-0.2, 0) is 6.42 Å². The van der Waals surface area contributed by atoms with Crippen LogP contribution in [0.15, 0.2) is 69.9 Å². The van der Waals surface area contributed by atoms with Crippen molar-refractivity contribution >= 4 is 21.9 Å². The minimum Gasteiger partial charge on any atom is -0.457 e. The van der Waals surface area contributed by atoms with Crippen LogP contribution in [0.4, 0.5) is 13.2 Å². The number of aryl methyl sites for hydroxylation is 1. The largest absolute Gasteiger partial charge is 0.573 e. The summed E-state index contributed by atoms with van der Waals surface area (Å²) in [6.07, 6.45) is -3.98. The number of hydrogen-bond acceptors (Lipinski definition) is 7. The fourth-order valence-corrected chi connectivity index (χ4v) is 3.54. The van der Waals surface area contributed by atoms with Crippen LogP contribution in [0.1, 0.15) is 12.0 Å². The highest BCUT2D eigenvalue weighted by molar-refractivity contribution is 5.90. The van der Waals surface area contributed by atoms with Crippen LogP contribution >= 0.6 is 0 Å². The van der Waals surface area contributed by atoms with E-state index in [0.29, 0.717) is 35.1 Å². The van der Waals surface area contributed by atoms with Crippen molar-refractivity contribution in [3.8, 4) is 17.2 Å². The second kappa shape index (κ2) is 9.57. The molecule has 1 heterocycles. The van der Waals surface area contributed by atoms with Crippen molar-refractivity contribution in [2.75, 3.05) is 13.2 Å². The SMILES string of the molecule is NC(CO)(CO)CCc1ccc2c(=O)c3cc(Oc4ccc(OC(F)(F)F)cc4)ccc3oc2c1. The Balaban J connectivity index is 1.58. The number of benzene rings is 3. The number of rotatable bonds is 8. The first kappa shape index (κ1) is 24.5. The lowest BCUT2D eigenvalue weighted by atomic mass is 9.93. The molecule has 0 atom stereocenters. The molecule has 0 aliphatic rings. The van der Waals surface area contributed by atoms with Crippen molar-refractivity contribution in [1.29, 1.82) is 0 Å². The third-order valence-corrected chi connectivity index (χ3v) is 5.54. The van der Waals surface area contributed by atoms with E-state index in [1.165, 1.54) is 18.2 Å². The maximum atomic E-state index is 13.1. The molecule has 10 heteroatoms. The summed E-state index contributed by atoms with van der Waals surface area (Å²) in [4.78, 5) is 13.1. The molecule has 184 valence electrons. The van der Waals surface area contributed by atoms with Gasteiger partial charge in [-0.15, -0.1) is 13.2 Å². The van der Waals surface area contributed by atoms with Gasteiger partial charge in [0.05, 0.1) is 29.5 Å². The third kappa shape index (κ3) is 5.73. The number of fused-ring (bicyclic) bond motifs is 2. The average Bonchev–Trinajstić information content (AvgIpc) is 2.83. The van der Waals surface area contributed by atoms with Gasteiger partial charge in [-0.1, -0.05) is 6.07 Å². The van der Waals surface area contributed by atoms with Crippen molar-refractivity contribution in [3.63, 3.8) is 0 Å². The van der Waals surface area contributed by atoms with Crippen LogP contribution in [0.3, 0.4) is 0 Å². The number of alkyl halides is 3. The van der Waals surface area contributed by atoms with Crippen molar-refractivity contribution in [1.82, 2.24) is 0 Å². The van der Waals surface area contributed by atoms with Gasteiger partial charge in [0.15, 0.2) is 0 Å². The Hall–Kier alpha value is -3.60. The smallest absolute Gasteiger partial charge is 0.457 e. The van der Waals surface area contributed by atoms with Gasteiger partial charge in [-0.2, -0.15) is 0 Å². The fraction of sp³-hybridized carbons (Fsp3) is 0.240. The van der Waals surface area contributed by atoms with E-state index in [0.717, 1.165) is 17.7 Å². The molecular weight excluding hydrogens is 467 g/mol. The zero-order chi connectivity index (χ0) is 25.2. The molecule has 35 heavy (non-hydrogen) atoms. The van der Waals surface area contributed by atoms with E-state index in [-0.39, 0.29) is 35.5 Å². The molecule has 4 rings (SSSR count). The van der Waals surface area contributed by atoms with Gasteiger partial charge in [-0.05, 0) is 73.0 Å². The van der Waals surface area contributed by atoms with Crippen molar-refractivity contribution in [2.45, 2.75) is 24.7 Å². The Morgan fingerprint density at radius 2 is 1.49 bits per heavy atom. The molecule has 0 aliphatic heterocycles. The summed E-state index contributed by atoms with van der Waals surface area (Å²) in [6.45, 7) is -0.709. The summed E-state index contributed by atoms with van der Waals surface area (Å²) < 4.78 is 52.3. The maximum Gasteiger partial charge on any atom is 0.573 e. The second-order valence-electron chi connectivity index (χ2n) is 8.22. The standard InChI is InChI=1S/C25H22F3NO6/c26-25(27,28)35-17-4-2-16(3-5-17)33-18-6-8-21-20(12-18)23(32)19-7-1-15(11-22(19)34-21)9-10-24(29,13-30)14-31/h1-8,11-12,30-31H,9-10,13-14,29H2. The lowest BCUT2D eigenvalue weighted by Crippen LogP contribution is -2.47. The third-order valence-electron chi connectivity index (χ3n) is 5.54. The van der Waals surface area contributed by atoms with E-state index in [1.54, 1.807) is 30.3 Å². The Bertz CT molecular complexity index is 1390. The van der Waals surface area contributed by atoms with Gasteiger partial charge in [0.2, 0.25) is 5.43 Å². The van der Waals surface area contributed by atoms with Crippen LogP contribution in [0.5, 0.6) is 17.2 Å². The van der Waals surface area contributed by atoms with Crippen LogP contribution < -0.4 is 20.6 Å². The number of halogens is 3. The Morgan fingerprint density at radius 3 is 2.14 bits per heavy atom. The summed E-state index contributed by atoms with van der Waals surface area (Å²) in [5.41, 5.74) is 6.09. The molecule has 3 aromatic carbocycles. The number of ether oxygens (including phenoxy) is 2. The van der Waals surface area contributed by atoms with E-state index in [2.05, 4.69) is 4.74 Å². The predicted molar refractivity (Wildman–Crippen MR) is 123 cm³/mol.